The first-order valence-corrected chi connectivity index (χ1v) is 8.88. The minimum Gasteiger partial charge on any atom is -0.472 e. The molecule has 4 rings (SSSR count). The summed E-state index contributed by atoms with van der Waals surface area (Å²) >= 11 is 0. The maximum absolute atomic E-state index is 12.4. The third-order valence-corrected chi connectivity index (χ3v) is 6.94. The monoisotopic (exact) mass is 314 g/mol. The highest BCUT2D eigenvalue weighted by Crippen LogP contribution is 2.59. The SMILES string of the molecule is CC1CCC2=C(CC3CC2(C)C(=O)O3)C1(C)CCc1ccoc1. The van der Waals surface area contributed by atoms with Gasteiger partial charge in [-0.05, 0) is 55.6 Å². The maximum Gasteiger partial charge on any atom is 0.316 e. The van der Waals surface area contributed by atoms with Crippen molar-refractivity contribution in [3.8, 4) is 0 Å². The fourth-order valence-corrected chi connectivity index (χ4v) is 5.12. The predicted molar refractivity (Wildman–Crippen MR) is 87.8 cm³/mol. The van der Waals surface area contributed by atoms with Crippen LogP contribution in [0.25, 0.3) is 0 Å². The minimum absolute atomic E-state index is 0.0132. The lowest BCUT2D eigenvalue weighted by Crippen LogP contribution is -2.40. The summed E-state index contributed by atoms with van der Waals surface area (Å²) in [4.78, 5) is 12.4. The van der Waals surface area contributed by atoms with E-state index < -0.39 is 0 Å². The third-order valence-electron chi connectivity index (χ3n) is 6.94. The van der Waals surface area contributed by atoms with Gasteiger partial charge in [0.25, 0.3) is 0 Å². The van der Waals surface area contributed by atoms with Crippen LogP contribution in [0.1, 0.15) is 58.4 Å². The van der Waals surface area contributed by atoms with E-state index in [1.165, 1.54) is 23.1 Å². The summed E-state index contributed by atoms with van der Waals surface area (Å²) in [6.07, 6.45) is 9.92. The number of esters is 1. The molecule has 3 nitrogen and oxygen atoms in total. The lowest BCUT2D eigenvalue weighted by Gasteiger charge is -2.48. The van der Waals surface area contributed by atoms with Gasteiger partial charge in [-0.1, -0.05) is 25.0 Å². The van der Waals surface area contributed by atoms with Crippen LogP contribution in [0.2, 0.25) is 0 Å². The molecular weight excluding hydrogens is 288 g/mol. The Morgan fingerprint density at radius 1 is 1.30 bits per heavy atom. The van der Waals surface area contributed by atoms with E-state index in [1.807, 2.05) is 6.26 Å². The van der Waals surface area contributed by atoms with E-state index in [0.29, 0.717) is 5.92 Å². The summed E-state index contributed by atoms with van der Waals surface area (Å²) in [5.41, 5.74) is 4.02. The summed E-state index contributed by atoms with van der Waals surface area (Å²) in [6.45, 7) is 6.89. The average molecular weight is 314 g/mol. The molecular formula is C20H26O3. The summed E-state index contributed by atoms with van der Waals surface area (Å²) in [5, 5.41) is 0. The van der Waals surface area contributed by atoms with Crippen LogP contribution in [0.15, 0.2) is 34.2 Å². The van der Waals surface area contributed by atoms with Gasteiger partial charge in [0.2, 0.25) is 0 Å². The molecule has 3 aliphatic rings. The first-order valence-electron chi connectivity index (χ1n) is 8.88. The van der Waals surface area contributed by atoms with Gasteiger partial charge < -0.3 is 9.15 Å². The average Bonchev–Trinajstić information content (AvgIpc) is 3.10. The molecule has 3 heteroatoms. The molecule has 1 fully saturated rings. The fourth-order valence-electron chi connectivity index (χ4n) is 5.12. The number of fused-ring (bicyclic) bond motifs is 3. The lowest BCUT2D eigenvalue weighted by atomic mass is 9.55. The van der Waals surface area contributed by atoms with Gasteiger partial charge >= 0.3 is 5.97 Å². The highest BCUT2D eigenvalue weighted by atomic mass is 16.6. The molecule has 2 bridgehead atoms. The molecule has 23 heavy (non-hydrogen) atoms. The molecule has 1 saturated heterocycles. The zero-order chi connectivity index (χ0) is 16.2. The minimum atomic E-state index is -0.352. The van der Waals surface area contributed by atoms with Crippen molar-refractivity contribution < 1.29 is 13.9 Å². The Kier molecular flexibility index (Phi) is 3.26. The van der Waals surface area contributed by atoms with Gasteiger partial charge in [0.15, 0.2) is 0 Å². The molecule has 0 aromatic carbocycles. The smallest absolute Gasteiger partial charge is 0.316 e. The summed E-state index contributed by atoms with van der Waals surface area (Å²) in [6, 6.07) is 2.06. The first kappa shape index (κ1) is 15.0. The highest BCUT2D eigenvalue weighted by molar-refractivity contribution is 5.83. The molecule has 1 aromatic heterocycles. The Bertz CT molecular complexity index is 656. The van der Waals surface area contributed by atoms with Crippen molar-refractivity contribution in [3.63, 3.8) is 0 Å². The van der Waals surface area contributed by atoms with E-state index in [9.17, 15) is 4.79 Å². The van der Waals surface area contributed by atoms with Crippen molar-refractivity contribution in [2.45, 2.75) is 65.4 Å². The number of hydrogen-bond donors (Lipinski definition) is 0. The van der Waals surface area contributed by atoms with E-state index in [4.69, 9.17) is 9.15 Å². The number of carbonyl (C=O) groups is 1. The van der Waals surface area contributed by atoms with Crippen molar-refractivity contribution in [2.24, 2.45) is 16.7 Å². The van der Waals surface area contributed by atoms with E-state index in [0.717, 1.165) is 32.1 Å². The van der Waals surface area contributed by atoms with Crippen molar-refractivity contribution in [2.75, 3.05) is 0 Å². The number of rotatable bonds is 3. The molecule has 124 valence electrons. The van der Waals surface area contributed by atoms with Crippen LogP contribution in [0.4, 0.5) is 0 Å². The van der Waals surface area contributed by atoms with Crippen LogP contribution >= 0.6 is 0 Å². The van der Waals surface area contributed by atoms with Gasteiger partial charge in [-0.2, -0.15) is 0 Å². The molecule has 0 N–H and O–H groups in total. The second-order valence-corrected chi connectivity index (χ2v) is 8.21. The summed E-state index contributed by atoms with van der Waals surface area (Å²) < 4.78 is 10.9. The second kappa shape index (κ2) is 4.99. The molecule has 0 radical (unpaired) electrons. The lowest BCUT2D eigenvalue weighted by molar-refractivity contribution is -0.146. The number of ether oxygens (including phenoxy) is 1. The number of carbonyl (C=O) groups excluding carboxylic acids is 1. The van der Waals surface area contributed by atoms with Crippen LogP contribution in [-0.2, 0) is 16.0 Å². The Morgan fingerprint density at radius 2 is 2.13 bits per heavy atom. The van der Waals surface area contributed by atoms with Crippen LogP contribution < -0.4 is 0 Å². The molecule has 4 unspecified atom stereocenters. The molecule has 0 saturated carbocycles. The van der Waals surface area contributed by atoms with Crippen LogP contribution in [0, 0.1) is 16.7 Å². The van der Waals surface area contributed by atoms with E-state index >= 15 is 0 Å². The topological polar surface area (TPSA) is 39.4 Å². The molecule has 4 atom stereocenters. The molecule has 2 aliphatic carbocycles. The highest BCUT2D eigenvalue weighted by Gasteiger charge is 2.56. The van der Waals surface area contributed by atoms with Gasteiger partial charge in [-0.15, -0.1) is 0 Å². The van der Waals surface area contributed by atoms with Gasteiger partial charge in [0.1, 0.15) is 6.10 Å². The largest absolute Gasteiger partial charge is 0.472 e. The standard InChI is InChI=1S/C20H26O3/c1-13-4-5-16-17(10-15-11-20(16,3)18(21)23-15)19(13,2)8-6-14-7-9-22-12-14/h7,9,12-13,15H,4-6,8,10-11H2,1-3H3. The van der Waals surface area contributed by atoms with E-state index in [2.05, 4.69) is 26.8 Å². The first-order chi connectivity index (χ1) is 10.9. The number of furan rings is 1. The van der Waals surface area contributed by atoms with Crippen LogP contribution in [0.5, 0.6) is 0 Å². The molecule has 1 aliphatic heterocycles. The molecule has 1 aromatic rings. The fraction of sp³-hybridized carbons (Fsp3) is 0.650. The molecule has 0 amide bonds. The van der Waals surface area contributed by atoms with Crippen LogP contribution in [-0.4, -0.2) is 12.1 Å². The van der Waals surface area contributed by atoms with Crippen molar-refractivity contribution in [3.05, 3.63) is 35.3 Å². The van der Waals surface area contributed by atoms with Crippen molar-refractivity contribution in [1.82, 2.24) is 0 Å². The zero-order valence-electron chi connectivity index (χ0n) is 14.4. The van der Waals surface area contributed by atoms with Crippen molar-refractivity contribution >= 4 is 5.97 Å². The van der Waals surface area contributed by atoms with Gasteiger partial charge in [-0.3, -0.25) is 4.79 Å². The predicted octanol–water partition coefficient (Wildman–Crippen LogP) is 4.67. The van der Waals surface area contributed by atoms with Crippen molar-refractivity contribution in [1.29, 1.82) is 0 Å². The Balaban J connectivity index is 1.70. The zero-order valence-corrected chi connectivity index (χ0v) is 14.4. The molecule has 0 spiro atoms. The third kappa shape index (κ3) is 2.12. The summed E-state index contributed by atoms with van der Waals surface area (Å²) in [5.74, 6) is 0.656. The van der Waals surface area contributed by atoms with E-state index in [-0.39, 0.29) is 22.9 Å². The van der Waals surface area contributed by atoms with Crippen LogP contribution in [0.3, 0.4) is 0 Å². The normalized spacial score (nSPS) is 39.3. The second-order valence-electron chi connectivity index (χ2n) is 8.21. The Labute approximate surface area is 138 Å². The van der Waals surface area contributed by atoms with Gasteiger partial charge in [0, 0.05) is 12.8 Å². The maximum atomic E-state index is 12.4. The van der Waals surface area contributed by atoms with Gasteiger partial charge in [-0.25, -0.2) is 0 Å². The molecule has 2 heterocycles. The summed E-state index contributed by atoms with van der Waals surface area (Å²) in [7, 11) is 0. The number of hydrogen-bond acceptors (Lipinski definition) is 3. The number of aryl methyl sites for hydroxylation is 1. The quantitative estimate of drug-likeness (QED) is 0.601. The van der Waals surface area contributed by atoms with E-state index in [1.54, 1.807) is 6.26 Å². The van der Waals surface area contributed by atoms with Gasteiger partial charge in [0.05, 0.1) is 17.9 Å². The Hall–Kier alpha value is -1.51. The Morgan fingerprint density at radius 3 is 2.87 bits per heavy atom.